The van der Waals surface area contributed by atoms with E-state index < -0.39 is 10.0 Å². The zero-order valence-electron chi connectivity index (χ0n) is 13.3. The Morgan fingerprint density at radius 3 is 2.42 bits per heavy atom. The van der Waals surface area contributed by atoms with Gasteiger partial charge in [0.25, 0.3) is 5.91 Å². The zero-order chi connectivity index (χ0) is 18.1. The molecule has 1 amide bonds. The van der Waals surface area contributed by atoms with Crippen molar-refractivity contribution in [1.82, 2.24) is 9.21 Å². The van der Waals surface area contributed by atoms with Crippen LogP contribution < -0.4 is 0 Å². The van der Waals surface area contributed by atoms with Crippen LogP contribution in [0.4, 0.5) is 0 Å². The summed E-state index contributed by atoms with van der Waals surface area (Å²) in [5.41, 5.74) is 0.165. The van der Waals surface area contributed by atoms with Crippen molar-refractivity contribution in [3.63, 3.8) is 0 Å². The lowest BCUT2D eigenvalue weighted by Crippen LogP contribution is -2.27. The summed E-state index contributed by atoms with van der Waals surface area (Å²) in [6, 6.07) is 7.98. The highest BCUT2D eigenvalue weighted by molar-refractivity contribution is 9.11. The molecule has 0 radical (unpaired) electrons. The number of sulfonamides is 1. The van der Waals surface area contributed by atoms with Crippen molar-refractivity contribution >= 4 is 54.8 Å². The van der Waals surface area contributed by atoms with Crippen molar-refractivity contribution in [2.45, 2.75) is 11.4 Å². The standard InChI is InChI=1S/C15H16BrClN2O3S2/c1-18(2)24(21,22)11-5-6-13(17)12(8-11)15(20)19(3)9-10-4-7-14(16)23-10/h4-8H,9H2,1-3H3. The van der Waals surface area contributed by atoms with Gasteiger partial charge in [0.05, 0.1) is 25.8 Å². The van der Waals surface area contributed by atoms with E-state index in [9.17, 15) is 13.2 Å². The normalized spacial score (nSPS) is 11.8. The van der Waals surface area contributed by atoms with E-state index in [4.69, 9.17) is 11.6 Å². The molecule has 0 saturated carbocycles. The van der Waals surface area contributed by atoms with E-state index in [1.807, 2.05) is 12.1 Å². The van der Waals surface area contributed by atoms with Gasteiger partial charge in [-0.3, -0.25) is 4.79 Å². The molecule has 0 aliphatic carbocycles. The molecule has 2 aromatic rings. The second-order valence-electron chi connectivity index (χ2n) is 5.30. The molecule has 24 heavy (non-hydrogen) atoms. The van der Waals surface area contributed by atoms with Crippen molar-refractivity contribution in [2.24, 2.45) is 0 Å². The summed E-state index contributed by atoms with van der Waals surface area (Å²) in [5, 5.41) is 0.219. The molecule has 0 aliphatic rings. The van der Waals surface area contributed by atoms with Gasteiger partial charge >= 0.3 is 0 Å². The molecule has 1 aromatic heterocycles. The fourth-order valence-corrected chi connectivity index (χ4v) is 4.65. The molecule has 0 aliphatic heterocycles. The van der Waals surface area contributed by atoms with Crippen molar-refractivity contribution < 1.29 is 13.2 Å². The second kappa shape index (κ2) is 7.53. The minimum Gasteiger partial charge on any atom is -0.337 e. The summed E-state index contributed by atoms with van der Waals surface area (Å²) in [6.45, 7) is 0.413. The molecular weight excluding hydrogens is 436 g/mol. The summed E-state index contributed by atoms with van der Waals surface area (Å²) in [6.07, 6.45) is 0. The number of carbonyl (C=O) groups is 1. The molecule has 0 unspecified atom stereocenters. The predicted octanol–water partition coefficient (Wildman–Crippen LogP) is 3.69. The molecule has 0 bridgehead atoms. The van der Waals surface area contributed by atoms with Crippen LogP contribution in [0.1, 0.15) is 15.2 Å². The SMILES string of the molecule is CN(Cc1ccc(Br)s1)C(=O)c1cc(S(=O)(=O)N(C)C)ccc1Cl. The Morgan fingerprint density at radius 1 is 1.21 bits per heavy atom. The summed E-state index contributed by atoms with van der Waals surface area (Å²) in [4.78, 5) is 15.2. The highest BCUT2D eigenvalue weighted by Crippen LogP contribution is 2.26. The molecule has 130 valence electrons. The minimum atomic E-state index is -3.63. The highest BCUT2D eigenvalue weighted by Gasteiger charge is 2.22. The summed E-state index contributed by atoms with van der Waals surface area (Å²) in [7, 11) is 0.895. The van der Waals surface area contributed by atoms with Crippen LogP contribution in [0.3, 0.4) is 0 Å². The number of nitrogens with zero attached hydrogens (tertiary/aromatic N) is 2. The van der Waals surface area contributed by atoms with Gasteiger partial charge in [-0.25, -0.2) is 12.7 Å². The fourth-order valence-electron chi connectivity index (χ4n) is 1.99. The molecule has 0 saturated heterocycles. The van der Waals surface area contributed by atoms with E-state index in [1.165, 1.54) is 48.5 Å². The van der Waals surface area contributed by atoms with E-state index in [0.717, 1.165) is 13.0 Å². The number of rotatable bonds is 5. The zero-order valence-corrected chi connectivity index (χ0v) is 17.3. The van der Waals surface area contributed by atoms with Crippen LogP contribution in [0.25, 0.3) is 0 Å². The molecular formula is C15H16BrClN2O3S2. The summed E-state index contributed by atoms with van der Waals surface area (Å²) in [5.74, 6) is -0.333. The summed E-state index contributed by atoms with van der Waals surface area (Å²) >= 11 is 11.0. The van der Waals surface area contributed by atoms with Crippen LogP contribution >= 0.6 is 38.9 Å². The van der Waals surface area contributed by atoms with Gasteiger partial charge < -0.3 is 4.90 Å². The average molecular weight is 452 g/mol. The topological polar surface area (TPSA) is 57.7 Å². The highest BCUT2D eigenvalue weighted by atomic mass is 79.9. The summed E-state index contributed by atoms with van der Waals surface area (Å²) < 4.78 is 26.5. The van der Waals surface area contributed by atoms with Gasteiger partial charge in [0.2, 0.25) is 10.0 Å². The lowest BCUT2D eigenvalue weighted by atomic mass is 10.2. The Morgan fingerprint density at radius 2 is 1.88 bits per heavy atom. The number of halogens is 2. The van der Waals surface area contributed by atoms with Crippen LogP contribution in [0.15, 0.2) is 39.0 Å². The van der Waals surface area contributed by atoms with Gasteiger partial charge in [0.1, 0.15) is 0 Å². The number of amides is 1. The van der Waals surface area contributed by atoms with Gasteiger partial charge in [0, 0.05) is 26.0 Å². The number of carbonyl (C=O) groups excluding carboxylic acids is 1. The van der Waals surface area contributed by atoms with Gasteiger partial charge in [-0.1, -0.05) is 11.6 Å². The molecule has 2 rings (SSSR count). The van der Waals surface area contributed by atoms with E-state index in [-0.39, 0.29) is 21.4 Å². The Bertz CT molecular complexity index is 865. The number of hydrogen-bond acceptors (Lipinski definition) is 4. The van der Waals surface area contributed by atoms with Crippen LogP contribution in [-0.2, 0) is 16.6 Å². The second-order valence-corrected chi connectivity index (χ2v) is 10.4. The first-order valence-electron chi connectivity index (χ1n) is 6.84. The van der Waals surface area contributed by atoms with Gasteiger partial charge in [-0.15, -0.1) is 11.3 Å². The van der Waals surface area contributed by atoms with Crippen LogP contribution in [0.5, 0.6) is 0 Å². The average Bonchev–Trinajstić information content (AvgIpc) is 2.91. The van der Waals surface area contributed by atoms with Crippen molar-refractivity contribution in [3.05, 3.63) is 49.6 Å². The molecule has 0 spiro atoms. The van der Waals surface area contributed by atoms with E-state index in [1.54, 1.807) is 7.05 Å². The molecule has 9 heteroatoms. The first kappa shape index (κ1) is 19.4. The van der Waals surface area contributed by atoms with Crippen molar-refractivity contribution in [3.8, 4) is 0 Å². The maximum Gasteiger partial charge on any atom is 0.255 e. The third kappa shape index (κ3) is 4.18. The first-order chi connectivity index (χ1) is 11.1. The number of hydrogen-bond donors (Lipinski definition) is 0. The molecule has 5 nitrogen and oxygen atoms in total. The van der Waals surface area contributed by atoms with Gasteiger partial charge in [-0.2, -0.15) is 0 Å². The maximum absolute atomic E-state index is 12.7. The predicted molar refractivity (Wildman–Crippen MR) is 100 cm³/mol. The largest absolute Gasteiger partial charge is 0.337 e. The molecule has 1 aromatic carbocycles. The monoisotopic (exact) mass is 450 g/mol. The molecule has 0 N–H and O–H groups in total. The molecule has 0 atom stereocenters. The van der Waals surface area contributed by atoms with E-state index in [2.05, 4.69) is 15.9 Å². The lowest BCUT2D eigenvalue weighted by Gasteiger charge is -2.18. The molecule has 1 heterocycles. The Balaban J connectivity index is 2.31. The van der Waals surface area contributed by atoms with Crippen LogP contribution in [0, 0.1) is 0 Å². The minimum absolute atomic E-state index is 0.0347. The van der Waals surface area contributed by atoms with E-state index >= 15 is 0 Å². The first-order valence-corrected chi connectivity index (χ1v) is 10.3. The number of benzene rings is 1. The maximum atomic E-state index is 12.7. The van der Waals surface area contributed by atoms with Crippen molar-refractivity contribution in [1.29, 1.82) is 0 Å². The lowest BCUT2D eigenvalue weighted by molar-refractivity contribution is 0.0786. The van der Waals surface area contributed by atoms with E-state index in [0.29, 0.717) is 6.54 Å². The molecule has 0 fully saturated rings. The fraction of sp³-hybridized carbons (Fsp3) is 0.267. The smallest absolute Gasteiger partial charge is 0.255 e. The Labute approximate surface area is 159 Å². The Hall–Kier alpha value is -0.930. The van der Waals surface area contributed by atoms with Gasteiger partial charge in [-0.05, 0) is 46.3 Å². The Kier molecular flexibility index (Phi) is 6.09. The quantitative estimate of drug-likeness (QED) is 0.697. The van der Waals surface area contributed by atoms with Crippen molar-refractivity contribution in [2.75, 3.05) is 21.1 Å². The number of thiophene rings is 1. The third-order valence-electron chi connectivity index (χ3n) is 3.32. The van der Waals surface area contributed by atoms with Crippen LogP contribution in [0.2, 0.25) is 5.02 Å². The van der Waals surface area contributed by atoms with Crippen LogP contribution in [-0.4, -0.2) is 44.7 Å². The van der Waals surface area contributed by atoms with Gasteiger partial charge in [0.15, 0.2) is 0 Å². The third-order valence-corrected chi connectivity index (χ3v) is 7.06.